The molecule has 0 bridgehead atoms. The molecule has 0 spiro atoms. The zero-order valence-corrected chi connectivity index (χ0v) is 14.4. The fourth-order valence-electron chi connectivity index (χ4n) is 3.39. The molecule has 1 N–H and O–H groups in total. The maximum Gasteiger partial charge on any atom is 0.394 e. The average molecular weight is 378 g/mol. The predicted octanol–water partition coefficient (Wildman–Crippen LogP) is 3.39. The van der Waals surface area contributed by atoms with Crippen LogP contribution in [0, 0.1) is 18.8 Å². The highest BCUT2D eigenvalue weighted by Gasteiger charge is 2.53. The molecule has 1 amide bonds. The van der Waals surface area contributed by atoms with Gasteiger partial charge in [-0.2, -0.15) is 13.2 Å². The Hall–Kier alpha value is -2.90. The van der Waals surface area contributed by atoms with Gasteiger partial charge in [-0.3, -0.25) is 14.6 Å². The van der Waals surface area contributed by atoms with Crippen molar-refractivity contribution in [1.29, 1.82) is 0 Å². The normalized spacial score (nSPS) is 19.9. The Morgan fingerprint density at radius 1 is 1.15 bits per heavy atom. The third kappa shape index (κ3) is 3.65. The lowest BCUT2D eigenvalue weighted by Gasteiger charge is -2.19. The van der Waals surface area contributed by atoms with Crippen LogP contribution in [0.2, 0.25) is 0 Å². The summed E-state index contributed by atoms with van der Waals surface area (Å²) in [5.41, 5.74) is 2.17. The summed E-state index contributed by atoms with van der Waals surface area (Å²) in [4.78, 5) is 29.3. The van der Waals surface area contributed by atoms with Gasteiger partial charge in [0.2, 0.25) is 0 Å². The van der Waals surface area contributed by atoms with E-state index in [0.29, 0.717) is 16.8 Å². The zero-order chi connectivity index (χ0) is 19.8. The highest BCUT2D eigenvalue weighted by Crippen LogP contribution is 2.38. The number of pyridine rings is 1. The van der Waals surface area contributed by atoms with E-state index in [1.807, 2.05) is 0 Å². The largest absolute Gasteiger partial charge is 0.481 e. The second-order valence-corrected chi connectivity index (χ2v) is 6.50. The number of likely N-dealkylation sites (tertiary alicyclic amines) is 1. The summed E-state index contributed by atoms with van der Waals surface area (Å²) in [5, 5.41) is 9.12. The predicted molar refractivity (Wildman–Crippen MR) is 91.0 cm³/mol. The third-order valence-electron chi connectivity index (χ3n) is 4.85. The number of nitrogens with zero attached hydrogens (tertiary/aromatic N) is 2. The van der Waals surface area contributed by atoms with Gasteiger partial charge in [-0.25, -0.2) is 0 Å². The number of hydrogen-bond acceptors (Lipinski definition) is 3. The smallest absolute Gasteiger partial charge is 0.394 e. The lowest BCUT2D eigenvalue weighted by Crippen LogP contribution is -2.34. The van der Waals surface area contributed by atoms with E-state index in [4.69, 9.17) is 5.11 Å². The Balaban J connectivity index is 1.92. The minimum atomic E-state index is -4.68. The molecule has 3 rings (SSSR count). The van der Waals surface area contributed by atoms with E-state index in [0.717, 1.165) is 4.90 Å². The molecule has 1 aromatic heterocycles. The molecule has 1 aliphatic rings. The van der Waals surface area contributed by atoms with E-state index in [1.165, 1.54) is 6.07 Å². The van der Waals surface area contributed by atoms with Crippen molar-refractivity contribution in [2.45, 2.75) is 13.1 Å². The Bertz CT molecular complexity index is 868. The summed E-state index contributed by atoms with van der Waals surface area (Å²) < 4.78 is 39.5. The molecule has 1 aliphatic heterocycles. The summed E-state index contributed by atoms with van der Waals surface area (Å²) in [6, 6.07) is 10.3. The number of amides is 1. The van der Waals surface area contributed by atoms with Gasteiger partial charge in [-0.05, 0) is 30.7 Å². The molecule has 142 valence electrons. The first-order valence-electron chi connectivity index (χ1n) is 8.30. The summed E-state index contributed by atoms with van der Waals surface area (Å²) in [6.07, 6.45) is -3.07. The van der Waals surface area contributed by atoms with Crippen LogP contribution >= 0.6 is 0 Å². The van der Waals surface area contributed by atoms with E-state index < -0.39 is 43.0 Å². The van der Waals surface area contributed by atoms with Crippen molar-refractivity contribution in [3.63, 3.8) is 0 Å². The zero-order valence-electron chi connectivity index (χ0n) is 14.4. The number of carbonyl (C=O) groups is 2. The molecule has 2 heterocycles. The maximum atomic E-state index is 13.2. The first-order chi connectivity index (χ1) is 12.7. The number of aliphatic carboxylic acids is 1. The number of alkyl halides is 3. The van der Waals surface area contributed by atoms with Gasteiger partial charge in [0.15, 0.2) is 0 Å². The monoisotopic (exact) mass is 378 g/mol. The lowest BCUT2D eigenvalue weighted by atomic mass is 9.96. The summed E-state index contributed by atoms with van der Waals surface area (Å²) >= 11 is 0. The number of rotatable bonds is 3. The quantitative estimate of drug-likeness (QED) is 0.889. The number of hydrogen-bond donors (Lipinski definition) is 1. The molecular formula is C19H17F3N2O3. The first kappa shape index (κ1) is 18.9. The van der Waals surface area contributed by atoms with Crippen molar-refractivity contribution in [3.8, 4) is 11.3 Å². The number of carboxylic acids is 1. The fourth-order valence-corrected chi connectivity index (χ4v) is 3.39. The highest BCUT2D eigenvalue weighted by molar-refractivity contribution is 5.98. The Kier molecular flexibility index (Phi) is 4.91. The van der Waals surface area contributed by atoms with Crippen LogP contribution in [-0.2, 0) is 4.79 Å². The molecule has 8 heteroatoms. The minimum absolute atomic E-state index is 0.241. The van der Waals surface area contributed by atoms with Crippen molar-refractivity contribution in [3.05, 3.63) is 53.7 Å². The Labute approximate surface area is 153 Å². The number of halogens is 3. The minimum Gasteiger partial charge on any atom is -0.481 e. The van der Waals surface area contributed by atoms with Crippen LogP contribution in [-0.4, -0.2) is 46.1 Å². The molecule has 1 fully saturated rings. The number of carboxylic acid groups (broad SMARTS) is 1. The molecule has 2 atom stereocenters. The Morgan fingerprint density at radius 3 is 2.44 bits per heavy atom. The van der Waals surface area contributed by atoms with Crippen LogP contribution in [0.15, 0.2) is 42.6 Å². The van der Waals surface area contributed by atoms with Crippen LogP contribution in [0.4, 0.5) is 13.2 Å². The van der Waals surface area contributed by atoms with Gasteiger partial charge in [0, 0.05) is 30.4 Å². The van der Waals surface area contributed by atoms with E-state index in [1.54, 1.807) is 43.5 Å². The Morgan fingerprint density at radius 2 is 1.89 bits per heavy atom. The van der Waals surface area contributed by atoms with Crippen molar-refractivity contribution in [2.75, 3.05) is 13.1 Å². The fraction of sp³-hybridized carbons (Fsp3) is 0.316. The average Bonchev–Trinajstić information content (AvgIpc) is 3.08. The standard InChI is InChI=1S/C19H17F3N2O3/c1-11-12(16-7-2-3-8-23-16)5-4-6-13(11)17(25)24-9-14(18(26)27)15(10-24)19(20,21)22/h2-8,14-15H,9-10H2,1H3,(H,26,27)/t14-,15-/m1/s1. The number of benzene rings is 1. The molecule has 1 saturated heterocycles. The van der Waals surface area contributed by atoms with Gasteiger partial charge in [0.1, 0.15) is 0 Å². The lowest BCUT2D eigenvalue weighted by molar-refractivity contribution is -0.187. The van der Waals surface area contributed by atoms with Crippen LogP contribution in [0.25, 0.3) is 11.3 Å². The van der Waals surface area contributed by atoms with Crippen molar-refractivity contribution < 1.29 is 27.9 Å². The molecule has 0 aliphatic carbocycles. The van der Waals surface area contributed by atoms with Gasteiger partial charge in [-0.1, -0.05) is 18.2 Å². The molecule has 0 radical (unpaired) electrons. The van der Waals surface area contributed by atoms with Gasteiger partial charge >= 0.3 is 12.1 Å². The molecule has 5 nitrogen and oxygen atoms in total. The van der Waals surface area contributed by atoms with Crippen molar-refractivity contribution in [2.24, 2.45) is 11.8 Å². The molecule has 2 aromatic rings. The summed E-state index contributed by atoms with van der Waals surface area (Å²) in [6.45, 7) is 0.571. The van der Waals surface area contributed by atoms with Gasteiger partial charge in [0.25, 0.3) is 5.91 Å². The topological polar surface area (TPSA) is 70.5 Å². The number of carbonyl (C=O) groups excluding carboxylic acids is 1. The SMILES string of the molecule is Cc1c(C(=O)N2C[C@@H](C(F)(F)F)[C@H](C(=O)O)C2)cccc1-c1ccccn1. The van der Waals surface area contributed by atoms with Gasteiger partial charge < -0.3 is 10.0 Å². The van der Waals surface area contributed by atoms with E-state index in [-0.39, 0.29) is 5.56 Å². The van der Waals surface area contributed by atoms with E-state index >= 15 is 0 Å². The molecular weight excluding hydrogens is 361 g/mol. The van der Waals surface area contributed by atoms with Crippen LogP contribution in [0.1, 0.15) is 15.9 Å². The number of aromatic nitrogens is 1. The molecule has 27 heavy (non-hydrogen) atoms. The van der Waals surface area contributed by atoms with Gasteiger partial charge in [0.05, 0.1) is 17.5 Å². The van der Waals surface area contributed by atoms with Gasteiger partial charge in [-0.15, -0.1) is 0 Å². The summed E-state index contributed by atoms with van der Waals surface area (Å²) in [7, 11) is 0. The van der Waals surface area contributed by atoms with Crippen LogP contribution in [0.3, 0.4) is 0 Å². The molecule has 1 aromatic carbocycles. The van der Waals surface area contributed by atoms with Crippen molar-refractivity contribution in [1.82, 2.24) is 9.88 Å². The summed E-state index contributed by atoms with van der Waals surface area (Å²) in [5.74, 6) is -5.89. The van der Waals surface area contributed by atoms with E-state index in [2.05, 4.69) is 4.98 Å². The first-order valence-corrected chi connectivity index (χ1v) is 8.30. The van der Waals surface area contributed by atoms with Crippen LogP contribution in [0.5, 0.6) is 0 Å². The second kappa shape index (κ2) is 7.02. The second-order valence-electron chi connectivity index (χ2n) is 6.50. The highest BCUT2D eigenvalue weighted by atomic mass is 19.4. The van der Waals surface area contributed by atoms with E-state index in [9.17, 15) is 22.8 Å². The molecule has 0 unspecified atom stereocenters. The van der Waals surface area contributed by atoms with Crippen LogP contribution < -0.4 is 0 Å². The van der Waals surface area contributed by atoms with Crippen molar-refractivity contribution >= 4 is 11.9 Å². The maximum absolute atomic E-state index is 13.2. The molecule has 0 saturated carbocycles. The third-order valence-corrected chi connectivity index (χ3v) is 4.85.